The largest absolute Gasteiger partial charge is 0.383 e. The number of pyridine rings is 1. The first-order valence-corrected chi connectivity index (χ1v) is 8.36. The summed E-state index contributed by atoms with van der Waals surface area (Å²) in [6.07, 6.45) is 3.52. The van der Waals surface area contributed by atoms with Gasteiger partial charge in [0.2, 0.25) is 0 Å². The number of rotatable bonds is 5. The van der Waals surface area contributed by atoms with Gasteiger partial charge in [-0.3, -0.25) is 4.98 Å². The van der Waals surface area contributed by atoms with E-state index in [2.05, 4.69) is 10.3 Å². The van der Waals surface area contributed by atoms with Crippen molar-refractivity contribution in [1.82, 2.24) is 4.98 Å². The first kappa shape index (κ1) is 14.1. The minimum atomic E-state index is -2.90. The van der Waals surface area contributed by atoms with E-state index in [0.717, 1.165) is 16.6 Å². The summed E-state index contributed by atoms with van der Waals surface area (Å²) < 4.78 is 22.1. The van der Waals surface area contributed by atoms with Gasteiger partial charge in [0.1, 0.15) is 9.84 Å². The van der Waals surface area contributed by atoms with Crippen LogP contribution in [0.2, 0.25) is 5.02 Å². The number of halogens is 1. The number of benzene rings is 1. The molecular weight excluding hydrogens is 284 g/mol. The predicted molar refractivity (Wildman–Crippen MR) is 79.6 cm³/mol. The fraction of sp³-hybridized carbons (Fsp3) is 0.308. The molecule has 2 aromatic rings. The van der Waals surface area contributed by atoms with Crippen molar-refractivity contribution >= 4 is 38.0 Å². The molecule has 0 saturated heterocycles. The summed E-state index contributed by atoms with van der Waals surface area (Å²) in [5, 5.41) is 4.75. The Kier molecular flexibility index (Phi) is 4.27. The number of nitrogens with one attached hydrogen (secondary N) is 1. The zero-order valence-electron chi connectivity index (χ0n) is 10.6. The highest BCUT2D eigenvalue weighted by molar-refractivity contribution is 7.90. The summed E-state index contributed by atoms with van der Waals surface area (Å²) in [6.45, 7) is 0.584. The van der Waals surface area contributed by atoms with E-state index >= 15 is 0 Å². The minimum Gasteiger partial charge on any atom is -0.383 e. The zero-order valence-corrected chi connectivity index (χ0v) is 12.1. The van der Waals surface area contributed by atoms with Gasteiger partial charge in [-0.25, -0.2) is 8.42 Å². The first-order chi connectivity index (χ1) is 8.97. The van der Waals surface area contributed by atoms with Crippen LogP contribution < -0.4 is 5.32 Å². The molecule has 6 heteroatoms. The van der Waals surface area contributed by atoms with Crippen LogP contribution in [0.1, 0.15) is 6.42 Å². The lowest BCUT2D eigenvalue weighted by Crippen LogP contribution is -2.10. The standard InChI is InChI=1S/C13H15ClN2O2S/c1-19(17,18)9-3-8-15-12-6-5-11(14)10-4-2-7-16-13(10)12/h2,4-7,15H,3,8-9H2,1H3. The van der Waals surface area contributed by atoms with Gasteiger partial charge in [-0.2, -0.15) is 0 Å². The van der Waals surface area contributed by atoms with Crippen molar-refractivity contribution in [2.75, 3.05) is 23.9 Å². The summed E-state index contributed by atoms with van der Waals surface area (Å²) >= 11 is 6.10. The third-order valence-corrected chi connectivity index (χ3v) is 4.08. The Hall–Kier alpha value is -1.33. The molecule has 0 aliphatic heterocycles. The third-order valence-electron chi connectivity index (χ3n) is 2.72. The molecule has 0 amide bonds. The van der Waals surface area contributed by atoms with E-state index in [9.17, 15) is 8.42 Å². The molecule has 1 aromatic carbocycles. The molecule has 0 bridgehead atoms. The van der Waals surface area contributed by atoms with Crippen LogP contribution in [0.25, 0.3) is 10.9 Å². The van der Waals surface area contributed by atoms with Crippen LogP contribution in [-0.4, -0.2) is 32.0 Å². The molecular formula is C13H15ClN2O2S. The van der Waals surface area contributed by atoms with Crippen LogP contribution in [0.15, 0.2) is 30.5 Å². The maximum atomic E-state index is 11.0. The summed E-state index contributed by atoms with van der Waals surface area (Å²) in [5.41, 5.74) is 1.67. The second-order valence-corrected chi connectivity index (χ2v) is 7.07. The SMILES string of the molecule is CS(=O)(=O)CCCNc1ccc(Cl)c2cccnc12. The van der Waals surface area contributed by atoms with E-state index in [1.54, 1.807) is 6.20 Å². The molecule has 4 nitrogen and oxygen atoms in total. The highest BCUT2D eigenvalue weighted by Crippen LogP contribution is 2.27. The number of nitrogens with zero attached hydrogens (tertiary/aromatic N) is 1. The summed E-state index contributed by atoms with van der Waals surface area (Å²) in [6, 6.07) is 7.41. The van der Waals surface area contributed by atoms with E-state index in [0.29, 0.717) is 18.0 Å². The zero-order chi connectivity index (χ0) is 13.9. The molecule has 1 aromatic heterocycles. The van der Waals surface area contributed by atoms with Crippen molar-refractivity contribution < 1.29 is 8.42 Å². The van der Waals surface area contributed by atoms with E-state index in [-0.39, 0.29) is 5.75 Å². The molecule has 0 atom stereocenters. The predicted octanol–water partition coefficient (Wildman–Crippen LogP) is 2.73. The van der Waals surface area contributed by atoms with Crippen LogP contribution in [0, 0.1) is 0 Å². The lowest BCUT2D eigenvalue weighted by Gasteiger charge is -2.09. The molecule has 0 saturated carbocycles. The number of hydrogen-bond acceptors (Lipinski definition) is 4. The Labute approximate surface area is 117 Å². The normalized spacial score (nSPS) is 11.7. The van der Waals surface area contributed by atoms with Gasteiger partial charge >= 0.3 is 0 Å². The van der Waals surface area contributed by atoms with Gasteiger partial charge in [-0.1, -0.05) is 11.6 Å². The molecule has 0 radical (unpaired) electrons. The lowest BCUT2D eigenvalue weighted by molar-refractivity contribution is 0.600. The molecule has 0 aliphatic carbocycles. The van der Waals surface area contributed by atoms with Crippen molar-refractivity contribution in [1.29, 1.82) is 0 Å². The Morgan fingerprint density at radius 2 is 2.11 bits per heavy atom. The third kappa shape index (κ3) is 3.81. The molecule has 1 heterocycles. The fourth-order valence-corrected chi connectivity index (χ4v) is 2.72. The van der Waals surface area contributed by atoms with E-state index < -0.39 is 9.84 Å². The summed E-state index contributed by atoms with van der Waals surface area (Å²) in [4.78, 5) is 4.30. The quantitative estimate of drug-likeness (QED) is 0.862. The lowest BCUT2D eigenvalue weighted by atomic mass is 10.2. The molecule has 0 fully saturated rings. The average molecular weight is 299 g/mol. The number of anilines is 1. The number of fused-ring (bicyclic) bond motifs is 1. The van der Waals surface area contributed by atoms with Crippen molar-refractivity contribution in [3.63, 3.8) is 0 Å². The number of sulfone groups is 1. The van der Waals surface area contributed by atoms with Crippen molar-refractivity contribution in [3.05, 3.63) is 35.5 Å². The summed E-state index contributed by atoms with van der Waals surface area (Å²) in [7, 11) is -2.90. The molecule has 0 aliphatic rings. The molecule has 0 spiro atoms. The van der Waals surface area contributed by atoms with Crippen LogP contribution in [0.5, 0.6) is 0 Å². The first-order valence-electron chi connectivity index (χ1n) is 5.92. The molecule has 1 N–H and O–H groups in total. The van der Waals surface area contributed by atoms with Crippen LogP contribution >= 0.6 is 11.6 Å². The van der Waals surface area contributed by atoms with Gasteiger partial charge < -0.3 is 5.32 Å². The van der Waals surface area contributed by atoms with Crippen molar-refractivity contribution in [3.8, 4) is 0 Å². The van der Waals surface area contributed by atoms with Crippen molar-refractivity contribution in [2.24, 2.45) is 0 Å². The van der Waals surface area contributed by atoms with Crippen LogP contribution in [0.4, 0.5) is 5.69 Å². The van der Waals surface area contributed by atoms with E-state index in [1.165, 1.54) is 6.26 Å². The highest BCUT2D eigenvalue weighted by atomic mass is 35.5. The van der Waals surface area contributed by atoms with Crippen LogP contribution in [-0.2, 0) is 9.84 Å². The topological polar surface area (TPSA) is 59.1 Å². The minimum absolute atomic E-state index is 0.180. The fourth-order valence-electron chi connectivity index (χ4n) is 1.84. The van der Waals surface area contributed by atoms with Crippen LogP contribution in [0.3, 0.4) is 0 Å². The Morgan fingerprint density at radius 3 is 2.84 bits per heavy atom. The molecule has 2 rings (SSSR count). The average Bonchev–Trinajstić information content (AvgIpc) is 2.36. The van der Waals surface area contributed by atoms with Gasteiger partial charge in [-0.05, 0) is 30.7 Å². The monoisotopic (exact) mass is 298 g/mol. The second kappa shape index (κ2) is 5.75. The number of aromatic nitrogens is 1. The van der Waals surface area contributed by atoms with Crippen molar-refractivity contribution in [2.45, 2.75) is 6.42 Å². The highest BCUT2D eigenvalue weighted by Gasteiger charge is 2.06. The maximum Gasteiger partial charge on any atom is 0.147 e. The van der Waals surface area contributed by atoms with Gasteiger partial charge in [0.25, 0.3) is 0 Å². The molecule has 102 valence electrons. The Bertz CT molecular complexity index is 686. The molecule has 19 heavy (non-hydrogen) atoms. The van der Waals surface area contributed by atoms with Gasteiger partial charge in [0, 0.05) is 24.4 Å². The Balaban J connectivity index is 2.11. The van der Waals surface area contributed by atoms with Gasteiger partial charge in [0.15, 0.2) is 0 Å². The smallest absolute Gasteiger partial charge is 0.147 e. The maximum absolute atomic E-state index is 11.0. The van der Waals surface area contributed by atoms with E-state index in [4.69, 9.17) is 11.6 Å². The number of hydrogen-bond donors (Lipinski definition) is 1. The molecule has 0 unspecified atom stereocenters. The van der Waals surface area contributed by atoms with Gasteiger partial charge in [0.05, 0.1) is 22.0 Å². The van der Waals surface area contributed by atoms with Gasteiger partial charge in [-0.15, -0.1) is 0 Å². The summed E-state index contributed by atoms with van der Waals surface area (Å²) in [5.74, 6) is 0.180. The second-order valence-electron chi connectivity index (χ2n) is 4.40. The Morgan fingerprint density at radius 1 is 1.32 bits per heavy atom. The van der Waals surface area contributed by atoms with E-state index in [1.807, 2.05) is 24.3 Å².